The lowest BCUT2D eigenvalue weighted by molar-refractivity contribution is -0.117. The maximum absolute atomic E-state index is 13.2. The smallest absolute Gasteiger partial charge is 0.337 e. The van der Waals surface area contributed by atoms with E-state index in [1.807, 2.05) is 30.3 Å². The fourth-order valence-electron chi connectivity index (χ4n) is 3.32. The number of amides is 1. The van der Waals surface area contributed by atoms with Gasteiger partial charge >= 0.3 is 5.97 Å². The van der Waals surface area contributed by atoms with Crippen molar-refractivity contribution in [2.75, 3.05) is 12.4 Å². The molecule has 34 heavy (non-hydrogen) atoms. The predicted molar refractivity (Wildman–Crippen MR) is 128 cm³/mol. The normalized spacial score (nSPS) is 12.3. The largest absolute Gasteiger partial charge is 0.465 e. The van der Waals surface area contributed by atoms with Gasteiger partial charge in [-0.25, -0.2) is 13.2 Å². The summed E-state index contributed by atoms with van der Waals surface area (Å²) in [6.45, 7) is 0. The lowest BCUT2D eigenvalue weighted by Gasteiger charge is -2.19. The van der Waals surface area contributed by atoms with Crippen LogP contribution < -0.4 is 10.0 Å². The fraction of sp³-hybridized carbons (Fsp3) is 0.130. The van der Waals surface area contributed by atoms with E-state index >= 15 is 0 Å². The van der Waals surface area contributed by atoms with Crippen molar-refractivity contribution in [3.63, 3.8) is 0 Å². The Bertz CT molecular complexity index is 1420. The highest BCUT2D eigenvalue weighted by molar-refractivity contribution is 7.89. The third kappa shape index (κ3) is 5.28. The second kappa shape index (κ2) is 10.1. The number of rotatable bonds is 8. The Balaban J connectivity index is 1.60. The van der Waals surface area contributed by atoms with Crippen LogP contribution in [0.2, 0.25) is 0 Å². The van der Waals surface area contributed by atoms with Gasteiger partial charge in [0, 0.05) is 5.69 Å². The standard InChI is InChI=1S/C23H20N4O5S2/c1-32-23(29)16-10-12-17(13-11-16)24-22(28)19(14-15-6-3-2-4-7-15)27-34(30,31)20-9-5-8-18-21(20)26-33-25-18/h2-13,19,27H,14H2,1H3,(H,24,28)/t19-/m1/s1. The average Bonchev–Trinajstić information content (AvgIpc) is 3.33. The van der Waals surface area contributed by atoms with Gasteiger partial charge in [-0.15, -0.1) is 0 Å². The van der Waals surface area contributed by atoms with E-state index in [9.17, 15) is 18.0 Å². The molecule has 0 bridgehead atoms. The third-order valence-corrected chi connectivity index (χ3v) is 7.05. The first kappa shape index (κ1) is 23.5. The molecule has 174 valence electrons. The van der Waals surface area contributed by atoms with Gasteiger partial charge in [-0.2, -0.15) is 13.5 Å². The average molecular weight is 497 g/mol. The summed E-state index contributed by atoms with van der Waals surface area (Å²) in [5.41, 5.74) is 2.22. The third-order valence-electron chi connectivity index (χ3n) is 5.01. The molecule has 4 rings (SSSR count). The van der Waals surface area contributed by atoms with E-state index in [1.165, 1.54) is 25.3 Å². The van der Waals surface area contributed by atoms with Crippen molar-refractivity contribution < 1.29 is 22.7 Å². The number of esters is 1. The first-order chi connectivity index (χ1) is 16.4. The van der Waals surface area contributed by atoms with Crippen molar-refractivity contribution in [2.24, 2.45) is 0 Å². The summed E-state index contributed by atoms with van der Waals surface area (Å²) >= 11 is 0.913. The SMILES string of the molecule is COC(=O)c1ccc(NC(=O)[C@@H](Cc2ccccc2)NS(=O)(=O)c2cccc3nsnc23)cc1. The van der Waals surface area contributed by atoms with E-state index in [2.05, 4.69) is 23.5 Å². The van der Waals surface area contributed by atoms with E-state index in [4.69, 9.17) is 0 Å². The Morgan fingerprint density at radius 2 is 1.71 bits per heavy atom. The number of fused-ring (bicyclic) bond motifs is 1. The van der Waals surface area contributed by atoms with Gasteiger partial charge in [0.05, 0.1) is 24.4 Å². The zero-order chi connectivity index (χ0) is 24.1. The molecule has 3 aromatic carbocycles. The number of aromatic nitrogens is 2. The van der Waals surface area contributed by atoms with E-state index in [-0.39, 0.29) is 16.8 Å². The highest BCUT2D eigenvalue weighted by Gasteiger charge is 2.28. The first-order valence-electron chi connectivity index (χ1n) is 10.1. The number of methoxy groups -OCH3 is 1. The molecule has 11 heteroatoms. The molecular formula is C23H20N4O5S2. The molecule has 0 fully saturated rings. The predicted octanol–water partition coefficient (Wildman–Crippen LogP) is 3.01. The number of anilines is 1. The molecule has 1 atom stereocenters. The zero-order valence-electron chi connectivity index (χ0n) is 18.0. The van der Waals surface area contributed by atoms with Gasteiger partial charge in [-0.05, 0) is 48.4 Å². The Morgan fingerprint density at radius 1 is 0.971 bits per heavy atom. The second-order valence-electron chi connectivity index (χ2n) is 7.31. The number of carbonyl (C=O) groups excluding carboxylic acids is 2. The highest BCUT2D eigenvalue weighted by Crippen LogP contribution is 2.22. The number of nitrogens with zero attached hydrogens (tertiary/aromatic N) is 2. The summed E-state index contributed by atoms with van der Waals surface area (Å²) in [6, 6.07) is 18.7. The van der Waals surface area contributed by atoms with Gasteiger partial charge < -0.3 is 10.1 Å². The Kier molecular flexibility index (Phi) is 6.96. The number of carbonyl (C=O) groups is 2. The molecule has 0 saturated heterocycles. The van der Waals surface area contributed by atoms with Crippen molar-refractivity contribution in [1.29, 1.82) is 0 Å². The Hall–Kier alpha value is -3.67. The summed E-state index contributed by atoms with van der Waals surface area (Å²) in [6.07, 6.45) is 0.122. The van der Waals surface area contributed by atoms with Crippen molar-refractivity contribution in [2.45, 2.75) is 17.4 Å². The maximum Gasteiger partial charge on any atom is 0.337 e. The maximum atomic E-state index is 13.2. The lowest BCUT2D eigenvalue weighted by atomic mass is 10.1. The monoisotopic (exact) mass is 496 g/mol. The molecule has 0 spiro atoms. The van der Waals surface area contributed by atoms with Gasteiger partial charge in [0.15, 0.2) is 0 Å². The fourth-order valence-corrected chi connectivity index (χ4v) is 5.29. The van der Waals surface area contributed by atoms with Crippen LogP contribution in [0.15, 0.2) is 77.7 Å². The van der Waals surface area contributed by atoms with E-state index in [0.717, 1.165) is 17.3 Å². The van der Waals surface area contributed by atoms with Crippen LogP contribution in [-0.2, 0) is 26.0 Å². The summed E-state index contributed by atoms with van der Waals surface area (Å²) in [5.74, 6) is -1.06. The van der Waals surface area contributed by atoms with Gasteiger partial charge in [-0.1, -0.05) is 36.4 Å². The number of hydrogen-bond donors (Lipinski definition) is 2. The van der Waals surface area contributed by atoms with Crippen LogP contribution in [0.3, 0.4) is 0 Å². The molecule has 2 N–H and O–H groups in total. The van der Waals surface area contributed by atoms with Crippen molar-refractivity contribution in [1.82, 2.24) is 13.5 Å². The number of sulfonamides is 1. The van der Waals surface area contributed by atoms with E-state index in [0.29, 0.717) is 16.8 Å². The Labute approximate surface area is 200 Å². The number of nitrogens with one attached hydrogen (secondary N) is 2. The van der Waals surface area contributed by atoms with Gasteiger partial charge in [-0.3, -0.25) is 4.79 Å². The van der Waals surface area contributed by atoms with Gasteiger partial charge in [0.1, 0.15) is 22.0 Å². The topological polar surface area (TPSA) is 127 Å². The molecule has 0 radical (unpaired) electrons. The Morgan fingerprint density at radius 3 is 2.41 bits per heavy atom. The van der Waals surface area contributed by atoms with Gasteiger partial charge in [0.2, 0.25) is 15.9 Å². The molecular weight excluding hydrogens is 476 g/mol. The van der Waals surface area contributed by atoms with E-state index in [1.54, 1.807) is 24.3 Å². The van der Waals surface area contributed by atoms with Crippen LogP contribution >= 0.6 is 11.7 Å². The molecule has 0 aliphatic carbocycles. The van der Waals surface area contributed by atoms with Gasteiger partial charge in [0.25, 0.3) is 0 Å². The highest BCUT2D eigenvalue weighted by atomic mass is 32.2. The molecule has 1 heterocycles. The minimum atomic E-state index is -4.10. The summed E-state index contributed by atoms with van der Waals surface area (Å²) in [7, 11) is -2.82. The van der Waals surface area contributed by atoms with Crippen LogP contribution in [0.25, 0.3) is 11.0 Å². The number of benzene rings is 3. The quantitative estimate of drug-likeness (QED) is 0.359. The lowest BCUT2D eigenvalue weighted by Crippen LogP contribution is -2.45. The zero-order valence-corrected chi connectivity index (χ0v) is 19.6. The first-order valence-corrected chi connectivity index (χ1v) is 12.4. The van der Waals surface area contributed by atoms with Crippen molar-refractivity contribution in [3.05, 3.63) is 83.9 Å². The van der Waals surface area contributed by atoms with Crippen LogP contribution in [0.4, 0.5) is 5.69 Å². The molecule has 0 saturated carbocycles. The molecule has 4 aromatic rings. The molecule has 1 amide bonds. The molecule has 0 unspecified atom stereocenters. The molecule has 0 aliphatic rings. The van der Waals surface area contributed by atoms with Crippen molar-refractivity contribution in [3.8, 4) is 0 Å². The van der Waals surface area contributed by atoms with Crippen LogP contribution in [0.5, 0.6) is 0 Å². The summed E-state index contributed by atoms with van der Waals surface area (Å²) in [4.78, 5) is 24.7. The number of hydrogen-bond acceptors (Lipinski definition) is 8. The molecule has 0 aliphatic heterocycles. The molecule has 9 nitrogen and oxygen atoms in total. The van der Waals surface area contributed by atoms with E-state index < -0.39 is 27.9 Å². The minimum absolute atomic E-state index is 0.0490. The van der Waals surface area contributed by atoms with Crippen LogP contribution in [0.1, 0.15) is 15.9 Å². The number of ether oxygens (including phenoxy) is 1. The second-order valence-corrected chi connectivity index (χ2v) is 9.52. The van der Waals surface area contributed by atoms with Crippen LogP contribution in [-0.4, -0.2) is 42.2 Å². The summed E-state index contributed by atoms with van der Waals surface area (Å²) in [5, 5.41) is 2.71. The molecule has 1 aromatic heterocycles. The van der Waals surface area contributed by atoms with Crippen molar-refractivity contribution >= 4 is 50.3 Å². The minimum Gasteiger partial charge on any atom is -0.465 e. The van der Waals surface area contributed by atoms with Crippen LogP contribution in [0, 0.1) is 0 Å². The summed E-state index contributed by atoms with van der Waals surface area (Å²) < 4.78 is 41.9.